The van der Waals surface area contributed by atoms with Gasteiger partial charge in [-0.3, -0.25) is 0 Å². The van der Waals surface area contributed by atoms with Crippen LogP contribution >= 0.6 is 0 Å². The summed E-state index contributed by atoms with van der Waals surface area (Å²) in [5, 5.41) is 0. The largest absolute Gasteiger partial charge is 0.459 e. The summed E-state index contributed by atoms with van der Waals surface area (Å²) in [4.78, 5) is 11.0. The fourth-order valence-corrected chi connectivity index (χ4v) is 1.49. The van der Waals surface area contributed by atoms with Gasteiger partial charge in [-0.1, -0.05) is 13.5 Å². The van der Waals surface area contributed by atoms with E-state index in [-0.39, 0.29) is 6.61 Å². The molecule has 4 nitrogen and oxygen atoms in total. The molecular weight excluding hydrogens is 196 g/mol. The van der Waals surface area contributed by atoms with Gasteiger partial charge < -0.3 is 14.2 Å². The van der Waals surface area contributed by atoms with Crippen LogP contribution in [0.5, 0.6) is 0 Å². The van der Waals surface area contributed by atoms with Gasteiger partial charge in [-0.25, -0.2) is 4.79 Å². The summed E-state index contributed by atoms with van der Waals surface area (Å²) in [5.41, 5.74) is -0.512. The fraction of sp³-hybridized carbons (Fsp3) is 0.727. The lowest BCUT2D eigenvalue weighted by Crippen LogP contribution is -2.39. The van der Waals surface area contributed by atoms with Crippen molar-refractivity contribution in [3.05, 3.63) is 12.7 Å². The van der Waals surface area contributed by atoms with Gasteiger partial charge in [-0.2, -0.15) is 0 Å². The Morgan fingerprint density at radius 1 is 1.60 bits per heavy atom. The van der Waals surface area contributed by atoms with Crippen LogP contribution in [0, 0.1) is 0 Å². The van der Waals surface area contributed by atoms with E-state index in [9.17, 15) is 4.79 Å². The highest BCUT2D eigenvalue weighted by molar-refractivity contribution is 5.81. The maximum atomic E-state index is 11.0. The molecule has 0 N–H and O–H groups in total. The molecular formula is C11H18O4. The molecule has 1 fully saturated rings. The molecule has 86 valence electrons. The molecule has 0 aliphatic carbocycles. The van der Waals surface area contributed by atoms with E-state index in [2.05, 4.69) is 6.58 Å². The molecule has 0 amide bonds. The molecule has 0 saturated carbocycles. The van der Waals surface area contributed by atoms with E-state index in [1.807, 2.05) is 20.8 Å². The number of rotatable bonds is 4. The lowest BCUT2D eigenvalue weighted by atomic mass is 10.0. The number of hydrogen-bond donors (Lipinski definition) is 0. The average Bonchev–Trinajstić information content (AvgIpc) is 2.52. The van der Waals surface area contributed by atoms with Crippen molar-refractivity contribution in [3.63, 3.8) is 0 Å². The third-order valence-electron chi connectivity index (χ3n) is 2.43. The second kappa shape index (κ2) is 4.33. The number of ether oxygens (including phenoxy) is 3. The smallest absolute Gasteiger partial charge is 0.330 e. The summed E-state index contributed by atoms with van der Waals surface area (Å²) < 4.78 is 16.2. The molecule has 1 atom stereocenters. The van der Waals surface area contributed by atoms with Crippen LogP contribution in [-0.4, -0.2) is 30.6 Å². The van der Waals surface area contributed by atoms with Crippen molar-refractivity contribution < 1.29 is 19.0 Å². The van der Waals surface area contributed by atoms with E-state index >= 15 is 0 Å². The topological polar surface area (TPSA) is 44.8 Å². The van der Waals surface area contributed by atoms with Crippen molar-refractivity contribution in [2.75, 3.05) is 13.2 Å². The molecule has 0 bridgehead atoms. The summed E-state index contributed by atoms with van der Waals surface area (Å²) in [6, 6.07) is 0. The molecule has 1 saturated heterocycles. The van der Waals surface area contributed by atoms with E-state index in [0.717, 1.165) is 12.5 Å². The zero-order chi connectivity index (χ0) is 11.5. The van der Waals surface area contributed by atoms with Crippen molar-refractivity contribution in [1.82, 2.24) is 0 Å². The van der Waals surface area contributed by atoms with Crippen molar-refractivity contribution in [3.8, 4) is 0 Å². The number of carbonyl (C=O) groups excluding carboxylic acids is 1. The molecule has 0 aromatic heterocycles. The summed E-state index contributed by atoms with van der Waals surface area (Å²) in [5.74, 6) is -1.03. The minimum atomic E-state index is -0.601. The Balaban J connectivity index is 2.56. The summed E-state index contributed by atoms with van der Waals surface area (Å²) in [6.07, 6.45) is 1.88. The zero-order valence-electron chi connectivity index (χ0n) is 9.54. The molecule has 0 aromatic carbocycles. The Morgan fingerprint density at radius 3 is 2.67 bits per heavy atom. The van der Waals surface area contributed by atoms with Gasteiger partial charge in [0.2, 0.25) is 0 Å². The van der Waals surface area contributed by atoms with Crippen LogP contribution in [-0.2, 0) is 19.0 Å². The predicted octanol–water partition coefficient (Wildman–Crippen LogP) is 1.65. The summed E-state index contributed by atoms with van der Waals surface area (Å²) in [7, 11) is 0. The average molecular weight is 214 g/mol. The Morgan fingerprint density at radius 2 is 2.27 bits per heavy atom. The Labute approximate surface area is 90.2 Å². The minimum Gasteiger partial charge on any atom is -0.459 e. The first-order valence-corrected chi connectivity index (χ1v) is 5.06. The van der Waals surface area contributed by atoms with Crippen LogP contribution in [0.2, 0.25) is 0 Å². The molecule has 1 aliphatic rings. The van der Waals surface area contributed by atoms with Gasteiger partial charge in [0.05, 0.1) is 6.61 Å². The third-order valence-corrected chi connectivity index (χ3v) is 2.43. The molecule has 0 aromatic rings. The van der Waals surface area contributed by atoms with Gasteiger partial charge in [0.15, 0.2) is 5.79 Å². The van der Waals surface area contributed by atoms with Crippen LogP contribution in [0.4, 0.5) is 0 Å². The van der Waals surface area contributed by atoms with Crippen molar-refractivity contribution in [1.29, 1.82) is 0 Å². The van der Waals surface area contributed by atoms with Gasteiger partial charge in [-0.05, 0) is 20.3 Å². The molecule has 15 heavy (non-hydrogen) atoms. The first kappa shape index (κ1) is 12.2. The Bertz CT molecular complexity index is 259. The van der Waals surface area contributed by atoms with E-state index in [4.69, 9.17) is 14.2 Å². The summed E-state index contributed by atoms with van der Waals surface area (Å²) in [6.45, 7) is 9.66. The Hall–Kier alpha value is -0.870. The van der Waals surface area contributed by atoms with E-state index in [0.29, 0.717) is 6.61 Å². The van der Waals surface area contributed by atoms with Crippen LogP contribution in [0.25, 0.3) is 0 Å². The van der Waals surface area contributed by atoms with Crippen molar-refractivity contribution >= 4 is 5.97 Å². The van der Waals surface area contributed by atoms with Gasteiger partial charge in [0.25, 0.3) is 0 Å². The van der Waals surface area contributed by atoms with Gasteiger partial charge in [0, 0.05) is 6.08 Å². The van der Waals surface area contributed by atoms with Gasteiger partial charge >= 0.3 is 5.97 Å². The Kier molecular flexibility index (Phi) is 3.52. The molecule has 1 aliphatic heterocycles. The van der Waals surface area contributed by atoms with Crippen LogP contribution in [0.15, 0.2) is 12.7 Å². The first-order valence-electron chi connectivity index (χ1n) is 5.06. The van der Waals surface area contributed by atoms with Crippen molar-refractivity contribution in [2.24, 2.45) is 0 Å². The highest BCUT2D eigenvalue weighted by Gasteiger charge is 2.45. The maximum absolute atomic E-state index is 11.0. The predicted molar refractivity (Wildman–Crippen MR) is 55.3 cm³/mol. The van der Waals surface area contributed by atoms with Crippen LogP contribution in [0.3, 0.4) is 0 Å². The lowest BCUT2D eigenvalue weighted by Gasteiger charge is -2.27. The second-order valence-electron chi connectivity index (χ2n) is 4.14. The highest BCUT2D eigenvalue weighted by Crippen LogP contribution is 2.33. The second-order valence-corrected chi connectivity index (χ2v) is 4.14. The van der Waals surface area contributed by atoms with Crippen LogP contribution < -0.4 is 0 Å². The number of esters is 1. The molecule has 4 heteroatoms. The molecule has 0 radical (unpaired) electrons. The fourth-order valence-electron chi connectivity index (χ4n) is 1.49. The van der Waals surface area contributed by atoms with E-state index < -0.39 is 17.4 Å². The zero-order valence-corrected chi connectivity index (χ0v) is 9.54. The number of hydrogen-bond acceptors (Lipinski definition) is 4. The normalized spacial score (nSPS) is 28.7. The standard InChI is InChI=1S/C11H18O4/c1-5-9(12)13-7-11(6-2)8-14-10(3,4)15-11/h5H,1,6-8H2,2-4H3. The van der Waals surface area contributed by atoms with Crippen LogP contribution in [0.1, 0.15) is 27.2 Å². The molecule has 1 unspecified atom stereocenters. The lowest BCUT2D eigenvalue weighted by molar-refractivity contribution is -0.178. The molecule has 1 rings (SSSR count). The van der Waals surface area contributed by atoms with Gasteiger partial charge in [0.1, 0.15) is 12.2 Å². The summed E-state index contributed by atoms with van der Waals surface area (Å²) >= 11 is 0. The molecule has 0 spiro atoms. The van der Waals surface area contributed by atoms with E-state index in [1.54, 1.807) is 0 Å². The first-order chi connectivity index (χ1) is 6.93. The quantitative estimate of drug-likeness (QED) is 0.527. The maximum Gasteiger partial charge on any atom is 0.330 e. The monoisotopic (exact) mass is 214 g/mol. The minimum absolute atomic E-state index is 0.206. The SMILES string of the molecule is C=CC(=O)OCC1(CC)COC(C)(C)O1. The van der Waals surface area contributed by atoms with Crippen molar-refractivity contribution in [2.45, 2.75) is 38.6 Å². The third kappa shape index (κ3) is 3.04. The highest BCUT2D eigenvalue weighted by atomic mass is 16.8. The molecule has 1 heterocycles. The number of carbonyl (C=O) groups is 1. The van der Waals surface area contributed by atoms with E-state index in [1.165, 1.54) is 0 Å². The van der Waals surface area contributed by atoms with Gasteiger partial charge in [-0.15, -0.1) is 0 Å².